The molecule has 0 aromatic heterocycles. The van der Waals surface area contributed by atoms with Gasteiger partial charge in [-0.1, -0.05) is 48.9 Å². The monoisotopic (exact) mass is 310 g/mol. The minimum Gasteiger partial charge on any atom is -0.469 e. The van der Waals surface area contributed by atoms with Crippen molar-refractivity contribution in [2.75, 3.05) is 7.11 Å². The van der Waals surface area contributed by atoms with Gasteiger partial charge >= 0.3 is 5.97 Å². The molecule has 0 radical (unpaired) electrons. The normalized spacial score (nSPS) is 19.5. The molecule has 2 atom stereocenters. The summed E-state index contributed by atoms with van der Waals surface area (Å²) in [5.74, 6) is -0.626. The molecule has 0 spiro atoms. The second kappa shape index (κ2) is 6.95. The van der Waals surface area contributed by atoms with Crippen molar-refractivity contribution in [3.8, 4) is 0 Å². The Kier molecular flexibility index (Phi) is 4.75. The van der Waals surface area contributed by atoms with Gasteiger partial charge in [0, 0.05) is 12.3 Å². The molecule has 0 saturated heterocycles. The van der Waals surface area contributed by atoms with Gasteiger partial charge in [-0.05, 0) is 35.6 Å². The molecule has 2 aromatic carbocycles. The maximum Gasteiger partial charge on any atom is 0.309 e. The van der Waals surface area contributed by atoms with Crippen LogP contribution in [-0.4, -0.2) is 18.9 Å². The van der Waals surface area contributed by atoms with Gasteiger partial charge in [-0.25, -0.2) is 0 Å². The van der Waals surface area contributed by atoms with E-state index in [4.69, 9.17) is 4.74 Å². The van der Waals surface area contributed by atoms with Gasteiger partial charge in [0.25, 0.3) is 0 Å². The predicted molar refractivity (Wildman–Crippen MR) is 90.1 cm³/mol. The SMILES string of the molecule is COC(=O)C(Cc1cccc2ccccc12)[C@@H]1CCCCC1=O. The fraction of sp³-hybridized carbons (Fsp3) is 0.400. The van der Waals surface area contributed by atoms with Gasteiger partial charge in [0.1, 0.15) is 5.78 Å². The molecule has 23 heavy (non-hydrogen) atoms. The van der Waals surface area contributed by atoms with Crippen LogP contribution in [0, 0.1) is 11.8 Å². The van der Waals surface area contributed by atoms with Gasteiger partial charge in [0.2, 0.25) is 0 Å². The van der Waals surface area contributed by atoms with Crippen LogP contribution in [0.3, 0.4) is 0 Å². The van der Waals surface area contributed by atoms with Crippen LogP contribution in [-0.2, 0) is 20.7 Å². The van der Waals surface area contributed by atoms with Crippen molar-refractivity contribution in [2.45, 2.75) is 32.1 Å². The standard InChI is InChI=1S/C20H22O3/c1-23-20(22)18(17-11-4-5-12-19(17)21)13-15-9-6-8-14-7-2-3-10-16(14)15/h2-3,6-10,17-18H,4-5,11-13H2,1H3/t17-,18?/m0/s1. The van der Waals surface area contributed by atoms with E-state index in [1.165, 1.54) is 7.11 Å². The van der Waals surface area contributed by atoms with Crippen LogP contribution in [0.25, 0.3) is 10.8 Å². The third-order valence-corrected chi connectivity index (χ3v) is 4.91. The van der Waals surface area contributed by atoms with Gasteiger partial charge in [0.15, 0.2) is 0 Å². The summed E-state index contributed by atoms with van der Waals surface area (Å²) in [6.07, 6.45) is 3.90. The zero-order valence-corrected chi connectivity index (χ0v) is 13.5. The van der Waals surface area contributed by atoms with Crippen molar-refractivity contribution in [1.29, 1.82) is 0 Å². The Morgan fingerprint density at radius 2 is 1.96 bits per heavy atom. The van der Waals surface area contributed by atoms with Crippen molar-refractivity contribution in [3.63, 3.8) is 0 Å². The Balaban J connectivity index is 1.94. The van der Waals surface area contributed by atoms with E-state index in [2.05, 4.69) is 18.2 Å². The average Bonchev–Trinajstić information content (AvgIpc) is 2.60. The van der Waals surface area contributed by atoms with E-state index in [-0.39, 0.29) is 23.6 Å². The molecule has 0 N–H and O–H groups in total. The van der Waals surface area contributed by atoms with Crippen molar-refractivity contribution >= 4 is 22.5 Å². The number of carbonyl (C=O) groups excluding carboxylic acids is 2. The lowest BCUT2D eigenvalue weighted by molar-refractivity contribution is -0.150. The Morgan fingerprint density at radius 3 is 2.74 bits per heavy atom. The first-order chi connectivity index (χ1) is 11.2. The van der Waals surface area contributed by atoms with Crippen LogP contribution >= 0.6 is 0 Å². The summed E-state index contributed by atoms with van der Waals surface area (Å²) >= 11 is 0. The summed E-state index contributed by atoms with van der Waals surface area (Å²) in [5, 5.41) is 2.30. The average molecular weight is 310 g/mol. The predicted octanol–water partition coefficient (Wildman–Crippen LogP) is 3.93. The first-order valence-electron chi connectivity index (χ1n) is 8.28. The number of ketones is 1. The smallest absolute Gasteiger partial charge is 0.309 e. The zero-order valence-electron chi connectivity index (χ0n) is 13.5. The van der Waals surface area contributed by atoms with Crippen LogP contribution < -0.4 is 0 Å². The molecule has 120 valence electrons. The van der Waals surface area contributed by atoms with E-state index in [9.17, 15) is 9.59 Å². The van der Waals surface area contributed by atoms with E-state index in [0.29, 0.717) is 12.8 Å². The topological polar surface area (TPSA) is 43.4 Å². The van der Waals surface area contributed by atoms with Crippen LogP contribution in [0.4, 0.5) is 0 Å². The molecule has 0 bridgehead atoms. The molecule has 1 saturated carbocycles. The first-order valence-corrected chi connectivity index (χ1v) is 8.28. The lowest BCUT2D eigenvalue weighted by Crippen LogP contribution is -2.34. The lowest BCUT2D eigenvalue weighted by Gasteiger charge is -2.27. The molecule has 0 amide bonds. The molecule has 0 aliphatic heterocycles. The lowest BCUT2D eigenvalue weighted by atomic mass is 9.76. The Bertz CT molecular complexity index is 714. The number of hydrogen-bond donors (Lipinski definition) is 0. The number of Topliss-reactive ketones (excluding diaryl/α,β-unsaturated/α-hetero) is 1. The van der Waals surface area contributed by atoms with Crippen LogP contribution in [0.1, 0.15) is 31.2 Å². The number of benzene rings is 2. The molecule has 3 rings (SSSR count). The number of esters is 1. The number of hydrogen-bond acceptors (Lipinski definition) is 3. The maximum atomic E-state index is 12.3. The molecule has 1 aliphatic rings. The third kappa shape index (κ3) is 3.29. The van der Waals surface area contributed by atoms with Gasteiger partial charge in [-0.15, -0.1) is 0 Å². The van der Waals surface area contributed by atoms with E-state index in [1.807, 2.05) is 24.3 Å². The second-order valence-electron chi connectivity index (χ2n) is 6.29. The van der Waals surface area contributed by atoms with Gasteiger partial charge < -0.3 is 4.74 Å². The van der Waals surface area contributed by atoms with Gasteiger partial charge in [-0.3, -0.25) is 9.59 Å². The molecule has 3 heteroatoms. The molecule has 1 fully saturated rings. The highest BCUT2D eigenvalue weighted by atomic mass is 16.5. The number of methoxy groups -OCH3 is 1. The van der Waals surface area contributed by atoms with Crippen molar-refractivity contribution in [1.82, 2.24) is 0 Å². The molecular weight excluding hydrogens is 288 g/mol. The van der Waals surface area contributed by atoms with Crippen LogP contribution in [0.5, 0.6) is 0 Å². The minimum atomic E-state index is -0.376. The molecule has 1 aliphatic carbocycles. The number of carbonyl (C=O) groups is 2. The van der Waals surface area contributed by atoms with E-state index >= 15 is 0 Å². The van der Waals surface area contributed by atoms with Crippen molar-refractivity contribution < 1.29 is 14.3 Å². The maximum absolute atomic E-state index is 12.3. The minimum absolute atomic E-state index is 0.199. The third-order valence-electron chi connectivity index (χ3n) is 4.91. The second-order valence-corrected chi connectivity index (χ2v) is 6.29. The van der Waals surface area contributed by atoms with E-state index in [0.717, 1.165) is 35.6 Å². The number of ether oxygens (including phenoxy) is 1. The molecule has 0 heterocycles. The number of rotatable bonds is 4. The summed E-state index contributed by atoms with van der Waals surface area (Å²) in [6, 6.07) is 14.3. The summed E-state index contributed by atoms with van der Waals surface area (Å²) in [7, 11) is 1.41. The molecular formula is C20H22O3. The van der Waals surface area contributed by atoms with E-state index in [1.54, 1.807) is 0 Å². The zero-order chi connectivity index (χ0) is 16.2. The highest BCUT2D eigenvalue weighted by Crippen LogP contribution is 2.32. The van der Waals surface area contributed by atoms with Gasteiger partial charge in [0.05, 0.1) is 13.0 Å². The van der Waals surface area contributed by atoms with Crippen LogP contribution in [0.15, 0.2) is 42.5 Å². The summed E-state index contributed by atoms with van der Waals surface area (Å²) in [4.78, 5) is 24.6. The van der Waals surface area contributed by atoms with Crippen LogP contribution in [0.2, 0.25) is 0 Å². The fourth-order valence-corrected chi connectivity index (χ4v) is 3.68. The van der Waals surface area contributed by atoms with E-state index < -0.39 is 0 Å². The Labute approximate surface area is 136 Å². The molecule has 1 unspecified atom stereocenters. The first kappa shape index (κ1) is 15.7. The highest BCUT2D eigenvalue weighted by molar-refractivity contribution is 5.89. The summed E-state index contributed by atoms with van der Waals surface area (Å²) in [5.41, 5.74) is 1.11. The molecule has 3 nitrogen and oxygen atoms in total. The number of fused-ring (bicyclic) bond motifs is 1. The Hall–Kier alpha value is -2.16. The highest BCUT2D eigenvalue weighted by Gasteiger charge is 2.35. The van der Waals surface area contributed by atoms with Crippen molar-refractivity contribution in [3.05, 3.63) is 48.0 Å². The van der Waals surface area contributed by atoms with Gasteiger partial charge in [-0.2, -0.15) is 0 Å². The largest absolute Gasteiger partial charge is 0.469 e. The van der Waals surface area contributed by atoms with Crippen molar-refractivity contribution in [2.24, 2.45) is 11.8 Å². The quantitative estimate of drug-likeness (QED) is 0.804. The Morgan fingerprint density at radius 1 is 1.17 bits per heavy atom. The summed E-state index contributed by atoms with van der Waals surface area (Å²) in [6.45, 7) is 0. The fourth-order valence-electron chi connectivity index (χ4n) is 3.68. The molecule has 2 aromatic rings. The summed E-state index contributed by atoms with van der Waals surface area (Å²) < 4.78 is 5.01.